The van der Waals surface area contributed by atoms with Crippen LogP contribution in [0.25, 0.3) is 0 Å². The normalized spacial score (nSPS) is 28.2. The first-order valence-corrected chi connectivity index (χ1v) is 6.56. The fraction of sp³-hybridized carbons (Fsp3) is 0.500. The van der Waals surface area contributed by atoms with Crippen LogP contribution in [-0.4, -0.2) is 48.6 Å². The lowest BCUT2D eigenvalue weighted by atomic mass is 10.1. The third-order valence-electron chi connectivity index (χ3n) is 4.04. The van der Waals surface area contributed by atoms with Gasteiger partial charge in [0.2, 0.25) is 0 Å². The molecule has 0 spiro atoms. The topological polar surface area (TPSA) is 35.6 Å². The number of urea groups is 1. The number of benzene rings is 1. The standard InChI is InChI=1S/C14H19N3O/c1-16-13(11-5-3-2-4-6-11)10-17(14(16)18)12-7-8-15-9-12/h2-6,12-13,15H,7-10H2,1H3. The number of nitrogens with one attached hydrogen (secondary N) is 1. The van der Waals surface area contributed by atoms with Crippen molar-refractivity contribution in [2.45, 2.75) is 18.5 Å². The van der Waals surface area contributed by atoms with Crippen LogP contribution in [-0.2, 0) is 0 Å². The molecule has 2 unspecified atom stereocenters. The first-order chi connectivity index (χ1) is 8.77. The first-order valence-electron chi connectivity index (χ1n) is 6.56. The summed E-state index contributed by atoms with van der Waals surface area (Å²) in [6.07, 6.45) is 1.07. The SMILES string of the molecule is CN1C(=O)N(C2CCNC2)CC1c1ccccc1. The molecule has 0 radical (unpaired) electrons. The molecule has 1 aromatic rings. The summed E-state index contributed by atoms with van der Waals surface area (Å²) < 4.78 is 0. The van der Waals surface area contributed by atoms with Crippen LogP contribution in [0.15, 0.2) is 30.3 Å². The Labute approximate surface area is 108 Å². The van der Waals surface area contributed by atoms with E-state index in [2.05, 4.69) is 17.4 Å². The molecule has 2 fully saturated rings. The predicted octanol–water partition coefficient (Wildman–Crippen LogP) is 1.46. The van der Waals surface area contributed by atoms with Gasteiger partial charge in [-0.2, -0.15) is 0 Å². The van der Waals surface area contributed by atoms with Crippen molar-refractivity contribution in [2.75, 3.05) is 26.7 Å². The van der Waals surface area contributed by atoms with Crippen LogP contribution in [0, 0.1) is 0 Å². The highest BCUT2D eigenvalue weighted by Gasteiger charge is 2.39. The number of nitrogens with zero attached hydrogens (tertiary/aromatic N) is 2. The Balaban J connectivity index is 1.80. The number of hydrogen-bond donors (Lipinski definition) is 1. The van der Waals surface area contributed by atoms with Gasteiger partial charge in [-0.25, -0.2) is 4.79 Å². The minimum Gasteiger partial charge on any atom is -0.319 e. The molecule has 2 aliphatic rings. The summed E-state index contributed by atoms with van der Waals surface area (Å²) >= 11 is 0. The Morgan fingerprint density at radius 1 is 1.28 bits per heavy atom. The van der Waals surface area contributed by atoms with E-state index in [9.17, 15) is 4.79 Å². The highest BCUT2D eigenvalue weighted by molar-refractivity contribution is 5.77. The van der Waals surface area contributed by atoms with Crippen LogP contribution >= 0.6 is 0 Å². The molecule has 0 aromatic heterocycles. The van der Waals surface area contributed by atoms with E-state index in [-0.39, 0.29) is 12.1 Å². The van der Waals surface area contributed by atoms with E-state index in [0.717, 1.165) is 26.1 Å². The third kappa shape index (κ3) is 1.86. The lowest BCUT2D eigenvalue weighted by molar-refractivity contribution is 0.184. The number of rotatable bonds is 2. The summed E-state index contributed by atoms with van der Waals surface area (Å²) in [5, 5.41) is 3.33. The number of hydrogen-bond acceptors (Lipinski definition) is 2. The smallest absolute Gasteiger partial charge is 0.319 e. The largest absolute Gasteiger partial charge is 0.320 e. The number of amides is 2. The molecular formula is C14H19N3O. The summed E-state index contributed by atoms with van der Waals surface area (Å²) in [5.41, 5.74) is 1.22. The van der Waals surface area contributed by atoms with Crippen LogP contribution in [0.3, 0.4) is 0 Å². The summed E-state index contributed by atoms with van der Waals surface area (Å²) in [7, 11) is 1.91. The summed E-state index contributed by atoms with van der Waals surface area (Å²) in [4.78, 5) is 16.2. The second-order valence-electron chi connectivity index (χ2n) is 5.12. The van der Waals surface area contributed by atoms with Crippen molar-refractivity contribution < 1.29 is 4.79 Å². The van der Waals surface area contributed by atoms with E-state index >= 15 is 0 Å². The zero-order valence-electron chi connectivity index (χ0n) is 10.7. The van der Waals surface area contributed by atoms with Gasteiger partial charge in [0.05, 0.1) is 6.04 Å². The van der Waals surface area contributed by atoms with E-state index in [4.69, 9.17) is 0 Å². The van der Waals surface area contributed by atoms with Gasteiger partial charge in [-0.15, -0.1) is 0 Å². The van der Waals surface area contributed by atoms with Gasteiger partial charge in [0, 0.05) is 26.2 Å². The Hall–Kier alpha value is -1.55. The Morgan fingerprint density at radius 3 is 2.72 bits per heavy atom. The van der Waals surface area contributed by atoms with Gasteiger partial charge >= 0.3 is 6.03 Å². The number of likely N-dealkylation sites (N-methyl/N-ethyl adjacent to an activating group) is 1. The summed E-state index contributed by atoms with van der Waals surface area (Å²) in [6.45, 7) is 2.76. The van der Waals surface area contributed by atoms with Crippen molar-refractivity contribution in [1.82, 2.24) is 15.1 Å². The van der Waals surface area contributed by atoms with Gasteiger partial charge in [-0.05, 0) is 18.5 Å². The lowest BCUT2D eigenvalue weighted by Crippen LogP contribution is -2.39. The molecule has 2 aliphatic heterocycles. The monoisotopic (exact) mass is 245 g/mol. The quantitative estimate of drug-likeness (QED) is 0.856. The fourth-order valence-electron chi connectivity index (χ4n) is 2.94. The van der Waals surface area contributed by atoms with Crippen molar-refractivity contribution in [1.29, 1.82) is 0 Å². The minimum atomic E-state index is 0.164. The van der Waals surface area contributed by atoms with Gasteiger partial charge in [-0.1, -0.05) is 30.3 Å². The Bertz CT molecular complexity index is 428. The Morgan fingerprint density at radius 2 is 2.06 bits per heavy atom. The van der Waals surface area contributed by atoms with Crippen molar-refractivity contribution in [3.8, 4) is 0 Å². The van der Waals surface area contributed by atoms with E-state index in [1.165, 1.54) is 5.56 Å². The summed E-state index contributed by atoms with van der Waals surface area (Å²) in [6, 6.07) is 11.0. The van der Waals surface area contributed by atoms with Crippen molar-refractivity contribution in [2.24, 2.45) is 0 Å². The molecule has 4 nitrogen and oxygen atoms in total. The van der Waals surface area contributed by atoms with E-state index < -0.39 is 0 Å². The zero-order valence-corrected chi connectivity index (χ0v) is 10.7. The van der Waals surface area contributed by atoms with Crippen molar-refractivity contribution >= 4 is 6.03 Å². The van der Waals surface area contributed by atoms with Crippen LogP contribution in [0.4, 0.5) is 4.79 Å². The van der Waals surface area contributed by atoms with Gasteiger partial charge in [0.1, 0.15) is 0 Å². The second kappa shape index (κ2) is 4.61. The fourth-order valence-corrected chi connectivity index (χ4v) is 2.94. The van der Waals surface area contributed by atoms with E-state index in [1.807, 2.05) is 35.0 Å². The average Bonchev–Trinajstić information content (AvgIpc) is 3.01. The molecule has 18 heavy (non-hydrogen) atoms. The third-order valence-corrected chi connectivity index (χ3v) is 4.04. The molecule has 0 aliphatic carbocycles. The number of carbonyl (C=O) groups excluding carboxylic acids is 1. The van der Waals surface area contributed by atoms with Gasteiger partial charge in [0.25, 0.3) is 0 Å². The molecule has 2 atom stereocenters. The van der Waals surface area contributed by atoms with Gasteiger partial charge in [0.15, 0.2) is 0 Å². The highest BCUT2D eigenvalue weighted by Crippen LogP contribution is 2.30. The maximum atomic E-state index is 12.3. The minimum absolute atomic E-state index is 0.164. The average molecular weight is 245 g/mol. The maximum Gasteiger partial charge on any atom is 0.320 e. The molecule has 3 rings (SSSR count). The highest BCUT2D eigenvalue weighted by atomic mass is 16.2. The van der Waals surface area contributed by atoms with Gasteiger partial charge in [-0.3, -0.25) is 0 Å². The molecule has 1 aromatic carbocycles. The lowest BCUT2D eigenvalue weighted by Gasteiger charge is -2.22. The molecule has 2 saturated heterocycles. The van der Waals surface area contributed by atoms with Crippen LogP contribution < -0.4 is 5.32 Å². The molecule has 2 amide bonds. The second-order valence-corrected chi connectivity index (χ2v) is 5.12. The molecule has 0 bridgehead atoms. The van der Waals surface area contributed by atoms with Crippen molar-refractivity contribution in [3.63, 3.8) is 0 Å². The molecule has 1 N–H and O–H groups in total. The summed E-state index contributed by atoms with van der Waals surface area (Å²) in [5.74, 6) is 0. The first kappa shape index (κ1) is 11.5. The van der Waals surface area contributed by atoms with E-state index in [0.29, 0.717) is 6.04 Å². The molecule has 96 valence electrons. The van der Waals surface area contributed by atoms with Crippen LogP contribution in [0.1, 0.15) is 18.0 Å². The van der Waals surface area contributed by atoms with Crippen LogP contribution in [0.2, 0.25) is 0 Å². The number of carbonyl (C=O) groups is 1. The zero-order chi connectivity index (χ0) is 12.5. The van der Waals surface area contributed by atoms with Crippen molar-refractivity contribution in [3.05, 3.63) is 35.9 Å². The Kier molecular flexibility index (Phi) is 2.96. The van der Waals surface area contributed by atoms with Crippen LogP contribution in [0.5, 0.6) is 0 Å². The molecule has 4 heteroatoms. The van der Waals surface area contributed by atoms with Gasteiger partial charge < -0.3 is 15.1 Å². The predicted molar refractivity (Wildman–Crippen MR) is 70.3 cm³/mol. The molecule has 0 saturated carbocycles. The maximum absolute atomic E-state index is 12.3. The molecular weight excluding hydrogens is 226 g/mol. The van der Waals surface area contributed by atoms with E-state index in [1.54, 1.807) is 0 Å². The molecule has 2 heterocycles.